The zero-order valence-corrected chi connectivity index (χ0v) is 21.3. The van der Waals surface area contributed by atoms with Crippen molar-refractivity contribution in [1.82, 2.24) is 15.3 Å². The van der Waals surface area contributed by atoms with Gasteiger partial charge in [0.25, 0.3) is 0 Å². The van der Waals surface area contributed by atoms with Crippen molar-refractivity contribution in [3.63, 3.8) is 0 Å². The van der Waals surface area contributed by atoms with Gasteiger partial charge in [0.2, 0.25) is 0 Å². The largest absolute Gasteiger partial charge is 0.872 e. The number of carbonyl (C=O) groups excluding carboxylic acids is 2. The number of benzene rings is 1. The second-order valence-corrected chi connectivity index (χ2v) is 9.26. The number of amides is 1. The predicted octanol–water partition coefficient (Wildman–Crippen LogP) is 4.50. The fourth-order valence-corrected chi connectivity index (χ4v) is 3.45. The van der Waals surface area contributed by atoms with Gasteiger partial charge in [-0.05, 0) is 72.9 Å². The first kappa shape index (κ1) is 27.1. The van der Waals surface area contributed by atoms with E-state index in [0.29, 0.717) is 16.7 Å². The van der Waals surface area contributed by atoms with E-state index in [-0.39, 0.29) is 12.2 Å². The first-order valence-electron chi connectivity index (χ1n) is 11.7. The van der Waals surface area contributed by atoms with Gasteiger partial charge in [0.05, 0.1) is 7.11 Å². The molecule has 8 nitrogen and oxygen atoms in total. The third-order valence-electron chi connectivity index (χ3n) is 5.15. The molecular formula is C29H30N3O5-. The van der Waals surface area contributed by atoms with Gasteiger partial charge in [-0.1, -0.05) is 42.2 Å². The quantitative estimate of drug-likeness (QED) is 0.453. The Morgan fingerprint density at radius 1 is 0.919 bits per heavy atom. The van der Waals surface area contributed by atoms with Gasteiger partial charge in [-0.25, -0.2) is 9.59 Å². The molecule has 0 spiro atoms. The van der Waals surface area contributed by atoms with E-state index in [9.17, 15) is 14.7 Å². The number of carbonyl (C=O) groups is 2. The number of aromatic nitrogens is 2. The molecule has 1 aromatic carbocycles. The maximum absolute atomic E-state index is 13.3. The Labute approximate surface area is 216 Å². The SMILES string of the molecule is COC(=O)C(Cc1cc(/C=C/c2ccncc2)c([O-])c(/C=C/c2ccncc2)c1)NC(=O)OC(C)(C)C. The molecule has 0 radical (unpaired) electrons. The molecule has 0 aliphatic carbocycles. The summed E-state index contributed by atoms with van der Waals surface area (Å²) in [6.45, 7) is 5.20. The van der Waals surface area contributed by atoms with Crippen LogP contribution in [0, 0.1) is 0 Å². The van der Waals surface area contributed by atoms with Gasteiger partial charge in [-0.2, -0.15) is 0 Å². The molecule has 37 heavy (non-hydrogen) atoms. The number of rotatable bonds is 8. The van der Waals surface area contributed by atoms with Crippen LogP contribution in [-0.4, -0.2) is 40.8 Å². The summed E-state index contributed by atoms with van der Waals surface area (Å²) in [5.74, 6) is -0.797. The normalized spacial score (nSPS) is 12.4. The van der Waals surface area contributed by atoms with Crippen LogP contribution in [0.25, 0.3) is 24.3 Å². The van der Waals surface area contributed by atoms with E-state index in [1.54, 1.807) is 69.8 Å². The molecule has 3 aromatic rings. The van der Waals surface area contributed by atoms with Gasteiger partial charge in [-0.15, -0.1) is 0 Å². The molecule has 8 heteroatoms. The highest BCUT2D eigenvalue weighted by molar-refractivity contribution is 5.83. The van der Waals surface area contributed by atoms with Crippen LogP contribution in [-0.2, 0) is 20.7 Å². The van der Waals surface area contributed by atoms with Gasteiger partial charge in [0.1, 0.15) is 11.6 Å². The summed E-state index contributed by atoms with van der Waals surface area (Å²) in [6, 6.07) is 9.71. The molecule has 192 valence electrons. The van der Waals surface area contributed by atoms with Gasteiger partial charge >= 0.3 is 12.1 Å². The molecule has 1 N–H and O–H groups in total. The molecule has 0 fully saturated rings. The summed E-state index contributed by atoms with van der Waals surface area (Å²) in [6.07, 6.45) is 13.1. The van der Waals surface area contributed by atoms with Gasteiger partial charge in [-0.3, -0.25) is 9.97 Å². The highest BCUT2D eigenvalue weighted by Gasteiger charge is 2.25. The lowest BCUT2D eigenvalue weighted by Gasteiger charge is -2.23. The van der Waals surface area contributed by atoms with E-state index in [1.807, 2.05) is 36.4 Å². The zero-order valence-electron chi connectivity index (χ0n) is 21.3. The average molecular weight is 501 g/mol. The maximum atomic E-state index is 13.3. The van der Waals surface area contributed by atoms with E-state index >= 15 is 0 Å². The van der Waals surface area contributed by atoms with Crippen LogP contribution in [0.4, 0.5) is 4.79 Å². The summed E-state index contributed by atoms with van der Waals surface area (Å²) in [7, 11) is 1.25. The number of esters is 1. The van der Waals surface area contributed by atoms with Gasteiger partial charge in [0, 0.05) is 31.2 Å². The number of alkyl carbamates (subject to hydrolysis) is 1. The molecule has 0 bridgehead atoms. The lowest BCUT2D eigenvalue weighted by atomic mass is 9.97. The van der Waals surface area contributed by atoms with Crippen molar-refractivity contribution in [3.05, 3.63) is 89.0 Å². The van der Waals surface area contributed by atoms with Gasteiger partial charge in [0.15, 0.2) is 0 Å². The maximum Gasteiger partial charge on any atom is 0.408 e. The van der Waals surface area contributed by atoms with E-state index in [4.69, 9.17) is 9.47 Å². The molecule has 1 unspecified atom stereocenters. The zero-order chi connectivity index (χ0) is 26.8. The molecule has 0 saturated heterocycles. The molecule has 0 aliphatic heterocycles. The summed E-state index contributed by atoms with van der Waals surface area (Å²) in [5, 5.41) is 15.8. The fraction of sp³-hybridized carbons (Fsp3) is 0.241. The van der Waals surface area contributed by atoms with Crippen LogP contribution in [0.15, 0.2) is 61.2 Å². The van der Waals surface area contributed by atoms with E-state index in [2.05, 4.69) is 15.3 Å². The molecule has 1 amide bonds. The van der Waals surface area contributed by atoms with Crippen LogP contribution in [0.3, 0.4) is 0 Å². The van der Waals surface area contributed by atoms with Gasteiger partial charge < -0.3 is 19.9 Å². The average Bonchev–Trinajstić information content (AvgIpc) is 2.87. The highest BCUT2D eigenvalue weighted by Crippen LogP contribution is 2.27. The minimum atomic E-state index is -1.01. The van der Waals surface area contributed by atoms with E-state index in [0.717, 1.165) is 11.1 Å². The minimum Gasteiger partial charge on any atom is -0.872 e. The highest BCUT2D eigenvalue weighted by atomic mass is 16.6. The standard InChI is InChI=1S/C29H31N3O5/c1-29(2,3)37-28(35)32-25(27(34)36-4)19-22-17-23(7-5-20-9-13-30-14-10-20)26(33)24(18-22)8-6-21-11-15-31-16-12-21/h5-18,25,33H,19H2,1-4H3,(H,32,35)/p-1/b7-5+,8-6+. The first-order chi connectivity index (χ1) is 17.6. The van der Waals surface area contributed by atoms with Crippen molar-refractivity contribution in [3.8, 4) is 5.75 Å². The smallest absolute Gasteiger partial charge is 0.408 e. The van der Waals surface area contributed by atoms with Crippen LogP contribution in [0.1, 0.15) is 48.6 Å². The third kappa shape index (κ3) is 8.61. The number of hydrogen-bond acceptors (Lipinski definition) is 7. The molecule has 3 rings (SSSR count). The molecular weight excluding hydrogens is 470 g/mol. The number of pyridine rings is 2. The predicted molar refractivity (Wildman–Crippen MR) is 141 cm³/mol. The van der Waals surface area contributed by atoms with Crippen molar-refractivity contribution in [2.24, 2.45) is 0 Å². The Hall–Kier alpha value is -4.46. The molecule has 0 aliphatic rings. The van der Waals surface area contributed by atoms with Crippen molar-refractivity contribution in [1.29, 1.82) is 0 Å². The Morgan fingerprint density at radius 3 is 1.84 bits per heavy atom. The third-order valence-corrected chi connectivity index (χ3v) is 5.15. The summed E-state index contributed by atoms with van der Waals surface area (Å²) >= 11 is 0. The van der Waals surface area contributed by atoms with Crippen molar-refractivity contribution < 1.29 is 24.2 Å². The molecule has 1 atom stereocenters. The van der Waals surface area contributed by atoms with Crippen LogP contribution in [0.5, 0.6) is 5.75 Å². The van der Waals surface area contributed by atoms with Crippen molar-refractivity contribution in [2.45, 2.75) is 38.8 Å². The number of methoxy groups -OCH3 is 1. The first-order valence-corrected chi connectivity index (χ1v) is 11.7. The summed E-state index contributed by atoms with van der Waals surface area (Å²) in [4.78, 5) is 32.9. The molecule has 2 aromatic heterocycles. The lowest BCUT2D eigenvalue weighted by molar-refractivity contribution is -0.268. The Kier molecular flexibility index (Phi) is 9.16. The van der Waals surface area contributed by atoms with Crippen molar-refractivity contribution >= 4 is 36.4 Å². The monoisotopic (exact) mass is 500 g/mol. The fourth-order valence-electron chi connectivity index (χ4n) is 3.45. The second-order valence-electron chi connectivity index (χ2n) is 9.26. The summed E-state index contributed by atoms with van der Waals surface area (Å²) < 4.78 is 10.2. The number of hydrogen-bond donors (Lipinski definition) is 1. The summed E-state index contributed by atoms with van der Waals surface area (Å²) in [5.41, 5.74) is 2.56. The van der Waals surface area contributed by atoms with Crippen LogP contribution >= 0.6 is 0 Å². The number of ether oxygens (including phenoxy) is 2. The van der Waals surface area contributed by atoms with E-state index < -0.39 is 23.7 Å². The Balaban J connectivity index is 1.97. The van der Waals surface area contributed by atoms with Crippen molar-refractivity contribution in [2.75, 3.05) is 7.11 Å². The Bertz CT molecular complexity index is 1200. The van der Waals surface area contributed by atoms with Crippen LogP contribution in [0.2, 0.25) is 0 Å². The number of nitrogens with one attached hydrogen (secondary N) is 1. The number of nitrogens with zero attached hydrogens (tertiary/aromatic N) is 2. The molecule has 0 saturated carbocycles. The second kappa shape index (κ2) is 12.5. The lowest BCUT2D eigenvalue weighted by Crippen LogP contribution is -2.45. The van der Waals surface area contributed by atoms with Crippen LogP contribution < -0.4 is 10.4 Å². The minimum absolute atomic E-state index is 0.0956. The molecule has 2 heterocycles. The Morgan fingerprint density at radius 2 is 1.41 bits per heavy atom. The topological polar surface area (TPSA) is 113 Å². The van der Waals surface area contributed by atoms with E-state index in [1.165, 1.54) is 7.11 Å².